The minimum absolute atomic E-state index is 0.0941. The number of anilines is 1. The van der Waals surface area contributed by atoms with Crippen molar-refractivity contribution in [3.05, 3.63) is 35.8 Å². The van der Waals surface area contributed by atoms with Crippen LogP contribution < -0.4 is 10.2 Å². The highest BCUT2D eigenvalue weighted by molar-refractivity contribution is 5.91. The van der Waals surface area contributed by atoms with Crippen LogP contribution in [0.25, 0.3) is 10.9 Å². The van der Waals surface area contributed by atoms with E-state index in [-0.39, 0.29) is 12.4 Å². The second-order valence-corrected chi connectivity index (χ2v) is 7.92. The molecule has 1 aliphatic rings. The van der Waals surface area contributed by atoms with E-state index in [0.717, 1.165) is 5.69 Å². The van der Waals surface area contributed by atoms with Gasteiger partial charge in [-0.2, -0.15) is 0 Å². The highest BCUT2D eigenvalue weighted by atomic mass is 19.1. The second kappa shape index (κ2) is 7.29. The summed E-state index contributed by atoms with van der Waals surface area (Å²) in [6, 6.07) is 5.85. The Bertz CT molecular complexity index is 851. The van der Waals surface area contributed by atoms with Gasteiger partial charge in [0.15, 0.2) is 0 Å². The zero-order valence-electron chi connectivity index (χ0n) is 16.1. The van der Waals surface area contributed by atoms with Crippen molar-refractivity contribution in [1.29, 1.82) is 0 Å². The number of carbonyl (C=O) groups excluding carboxylic acids is 1. The Morgan fingerprint density at radius 1 is 1.30 bits per heavy atom. The zero-order chi connectivity index (χ0) is 19.8. The molecule has 146 valence electrons. The molecule has 1 amide bonds. The molecule has 2 heterocycles. The molecule has 1 saturated heterocycles. The van der Waals surface area contributed by atoms with Crippen LogP contribution in [0.3, 0.4) is 0 Å². The number of alkyl halides is 1. The van der Waals surface area contributed by atoms with E-state index >= 15 is 0 Å². The number of benzene rings is 1. The maximum absolute atomic E-state index is 14.7. The maximum atomic E-state index is 14.7. The van der Waals surface area contributed by atoms with Crippen LogP contribution in [0.2, 0.25) is 0 Å². The van der Waals surface area contributed by atoms with Crippen molar-refractivity contribution in [2.24, 2.45) is 0 Å². The summed E-state index contributed by atoms with van der Waals surface area (Å²) < 4.78 is 34.0. The number of piperidine rings is 1. The number of hydrogen-bond donors (Lipinski definition) is 1. The van der Waals surface area contributed by atoms with E-state index < -0.39 is 23.9 Å². The van der Waals surface area contributed by atoms with Gasteiger partial charge in [-0.15, -0.1) is 0 Å². The first-order chi connectivity index (χ1) is 12.6. The molecule has 1 N–H and O–H groups in total. The van der Waals surface area contributed by atoms with Gasteiger partial charge in [-0.25, -0.2) is 13.6 Å². The number of hydrogen-bond acceptors (Lipinski definition) is 4. The summed E-state index contributed by atoms with van der Waals surface area (Å²) >= 11 is 0. The lowest BCUT2D eigenvalue weighted by atomic mass is 10.0. The van der Waals surface area contributed by atoms with E-state index in [1.165, 1.54) is 6.07 Å². The van der Waals surface area contributed by atoms with Gasteiger partial charge in [0.25, 0.3) is 0 Å². The number of amides is 1. The third kappa shape index (κ3) is 4.46. The highest BCUT2D eigenvalue weighted by Crippen LogP contribution is 2.30. The average Bonchev–Trinajstić information content (AvgIpc) is 2.55. The molecule has 7 heteroatoms. The molecule has 2 aromatic rings. The number of rotatable bonds is 2. The van der Waals surface area contributed by atoms with Gasteiger partial charge < -0.3 is 15.0 Å². The molecule has 0 radical (unpaired) electrons. The molecule has 5 nitrogen and oxygen atoms in total. The number of carbonyl (C=O) groups is 1. The smallest absolute Gasteiger partial charge is 0.407 e. The van der Waals surface area contributed by atoms with Crippen molar-refractivity contribution in [3.63, 3.8) is 0 Å². The normalized spacial score (nSPS) is 20.6. The Morgan fingerprint density at radius 2 is 2.04 bits per heavy atom. The lowest BCUT2D eigenvalue weighted by Crippen LogP contribution is -2.53. The van der Waals surface area contributed by atoms with E-state index in [0.29, 0.717) is 29.6 Å². The quantitative estimate of drug-likeness (QED) is 0.855. The molecule has 3 rings (SSSR count). The van der Waals surface area contributed by atoms with E-state index in [2.05, 4.69) is 10.3 Å². The molecule has 27 heavy (non-hydrogen) atoms. The molecule has 1 aromatic carbocycles. The van der Waals surface area contributed by atoms with Gasteiger partial charge in [0, 0.05) is 17.6 Å². The molecule has 1 aliphatic heterocycles. The van der Waals surface area contributed by atoms with Crippen LogP contribution in [-0.2, 0) is 4.74 Å². The van der Waals surface area contributed by atoms with Crippen LogP contribution in [0.5, 0.6) is 0 Å². The van der Waals surface area contributed by atoms with Crippen LogP contribution in [0.1, 0.15) is 32.9 Å². The third-order valence-electron chi connectivity index (χ3n) is 4.51. The molecule has 0 aliphatic carbocycles. The van der Waals surface area contributed by atoms with Crippen molar-refractivity contribution in [2.75, 3.05) is 18.0 Å². The minimum Gasteiger partial charge on any atom is -0.444 e. The molecule has 0 spiro atoms. The summed E-state index contributed by atoms with van der Waals surface area (Å²) in [6.45, 7) is 7.74. The van der Waals surface area contributed by atoms with Crippen LogP contribution in [-0.4, -0.2) is 42.0 Å². The van der Waals surface area contributed by atoms with Crippen molar-refractivity contribution >= 4 is 22.7 Å². The number of halogens is 2. The fraction of sp³-hybridized carbons (Fsp3) is 0.500. The molecular formula is C20H25F2N3O2. The summed E-state index contributed by atoms with van der Waals surface area (Å²) in [5.74, 6) is -0.348. The van der Waals surface area contributed by atoms with Gasteiger partial charge in [-0.05, 0) is 58.4 Å². The van der Waals surface area contributed by atoms with Crippen molar-refractivity contribution in [2.45, 2.75) is 51.9 Å². The molecule has 0 saturated carbocycles. The summed E-state index contributed by atoms with van der Waals surface area (Å²) in [7, 11) is 0. The van der Waals surface area contributed by atoms with Gasteiger partial charge >= 0.3 is 6.09 Å². The second-order valence-electron chi connectivity index (χ2n) is 7.92. The largest absolute Gasteiger partial charge is 0.444 e. The molecule has 0 unspecified atom stereocenters. The minimum atomic E-state index is -1.27. The lowest BCUT2D eigenvalue weighted by molar-refractivity contribution is 0.0463. The fourth-order valence-corrected chi connectivity index (χ4v) is 3.27. The Balaban J connectivity index is 1.75. The van der Waals surface area contributed by atoms with Crippen LogP contribution in [0.15, 0.2) is 24.3 Å². The Morgan fingerprint density at radius 3 is 2.70 bits per heavy atom. The van der Waals surface area contributed by atoms with Gasteiger partial charge in [-0.1, -0.05) is 0 Å². The molecule has 0 bridgehead atoms. The van der Waals surface area contributed by atoms with Gasteiger partial charge in [0.05, 0.1) is 23.8 Å². The number of fused-ring (bicyclic) bond motifs is 1. The predicted octanol–water partition coefficient (Wildman–Crippen LogP) is 4.12. The Kier molecular flexibility index (Phi) is 5.22. The number of pyridine rings is 1. The number of nitrogens with one attached hydrogen (secondary N) is 1. The number of aryl methyl sites for hydroxylation is 1. The third-order valence-corrected chi connectivity index (χ3v) is 4.51. The SMILES string of the molecule is Cc1ccc2c(F)ccc(N3CC[C@@H](NC(=O)OC(C)(C)C)[C@@H](F)C3)c2n1. The topological polar surface area (TPSA) is 54.5 Å². The molecule has 1 aromatic heterocycles. The number of alkyl carbamates (subject to hydrolysis) is 1. The van der Waals surface area contributed by atoms with Crippen LogP contribution in [0, 0.1) is 12.7 Å². The standard InChI is InChI=1S/C20H25F2N3O2/c1-12-5-6-13-14(21)7-8-17(18(13)23-12)25-10-9-16(15(22)11-25)24-19(26)27-20(2,3)4/h5-8,15-16H,9-11H2,1-4H3,(H,24,26)/t15-,16+/m0/s1. The first-order valence-corrected chi connectivity index (χ1v) is 9.08. The summed E-state index contributed by atoms with van der Waals surface area (Å²) in [5.41, 5.74) is 1.37. The van der Waals surface area contributed by atoms with E-state index in [1.54, 1.807) is 39.0 Å². The Labute approximate surface area is 157 Å². The number of ether oxygens (including phenoxy) is 1. The average molecular weight is 377 g/mol. The van der Waals surface area contributed by atoms with E-state index in [1.807, 2.05) is 11.8 Å². The summed E-state index contributed by atoms with van der Waals surface area (Å²) in [6.07, 6.45) is -1.46. The van der Waals surface area contributed by atoms with Crippen molar-refractivity contribution < 1.29 is 18.3 Å². The highest BCUT2D eigenvalue weighted by Gasteiger charge is 2.32. The molecule has 1 fully saturated rings. The lowest BCUT2D eigenvalue weighted by Gasteiger charge is -2.37. The first kappa shape index (κ1) is 19.3. The van der Waals surface area contributed by atoms with Crippen LogP contribution >= 0.6 is 0 Å². The molecular weight excluding hydrogens is 352 g/mol. The van der Waals surface area contributed by atoms with E-state index in [9.17, 15) is 13.6 Å². The van der Waals surface area contributed by atoms with Gasteiger partial charge in [-0.3, -0.25) is 4.98 Å². The summed E-state index contributed by atoms with van der Waals surface area (Å²) in [4.78, 5) is 18.2. The molecule has 2 atom stereocenters. The monoisotopic (exact) mass is 377 g/mol. The van der Waals surface area contributed by atoms with Crippen molar-refractivity contribution in [3.8, 4) is 0 Å². The van der Waals surface area contributed by atoms with E-state index in [4.69, 9.17) is 4.74 Å². The van der Waals surface area contributed by atoms with Gasteiger partial charge in [0.1, 0.15) is 17.6 Å². The van der Waals surface area contributed by atoms with Crippen LogP contribution in [0.4, 0.5) is 19.3 Å². The first-order valence-electron chi connectivity index (χ1n) is 9.08. The number of nitrogens with zero attached hydrogens (tertiary/aromatic N) is 2. The van der Waals surface area contributed by atoms with Crippen molar-refractivity contribution in [1.82, 2.24) is 10.3 Å². The summed E-state index contributed by atoms with van der Waals surface area (Å²) in [5, 5.41) is 3.03. The maximum Gasteiger partial charge on any atom is 0.407 e. The van der Waals surface area contributed by atoms with Gasteiger partial charge in [0.2, 0.25) is 0 Å². The zero-order valence-corrected chi connectivity index (χ0v) is 16.1. The predicted molar refractivity (Wildman–Crippen MR) is 101 cm³/mol. The number of aromatic nitrogens is 1. The fourth-order valence-electron chi connectivity index (χ4n) is 3.27. The Hall–Kier alpha value is -2.44.